The Hall–Kier alpha value is -4.21. The van der Waals surface area contributed by atoms with Crippen molar-refractivity contribution in [2.45, 2.75) is 30.7 Å². The molecule has 2 aliphatic heterocycles. The van der Waals surface area contributed by atoms with Crippen molar-refractivity contribution in [1.82, 2.24) is 15.0 Å². The molecule has 172 valence electrons. The Morgan fingerprint density at radius 2 is 1.97 bits per heavy atom. The number of nitrogens with zero attached hydrogens (tertiary/aromatic N) is 4. The molecule has 1 fully saturated rings. The minimum atomic E-state index is -0.793. The van der Waals surface area contributed by atoms with Gasteiger partial charge in [0, 0.05) is 34.8 Å². The lowest BCUT2D eigenvalue weighted by Gasteiger charge is -2.39. The number of benzene rings is 1. The van der Waals surface area contributed by atoms with Crippen LogP contribution in [0.15, 0.2) is 47.8 Å². The number of hydrogen-bond donors (Lipinski definition) is 2. The Morgan fingerprint density at radius 3 is 2.71 bits per heavy atom. The first kappa shape index (κ1) is 20.4. The number of hydrogen-bond acceptors (Lipinski definition) is 9. The number of amidine groups is 1. The molecule has 1 atom stereocenters. The van der Waals surface area contributed by atoms with E-state index in [9.17, 15) is 4.79 Å². The van der Waals surface area contributed by atoms with Gasteiger partial charge in [0.1, 0.15) is 17.0 Å². The summed E-state index contributed by atoms with van der Waals surface area (Å²) in [5, 5.41) is 2.88. The van der Waals surface area contributed by atoms with Gasteiger partial charge in [0.15, 0.2) is 5.75 Å². The summed E-state index contributed by atoms with van der Waals surface area (Å²) in [6.07, 6.45) is 7.37. The first-order valence-electron chi connectivity index (χ1n) is 11.0. The molecule has 1 spiro atoms. The van der Waals surface area contributed by atoms with Crippen LogP contribution in [0.4, 0.5) is 5.69 Å². The van der Waals surface area contributed by atoms with Gasteiger partial charge in [-0.3, -0.25) is 9.78 Å². The number of pyridine rings is 1. The summed E-state index contributed by atoms with van der Waals surface area (Å²) in [6, 6.07) is 7.65. The minimum absolute atomic E-state index is 0.123. The summed E-state index contributed by atoms with van der Waals surface area (Å²) < 4.78 is 16.7. The van der Waals surface area contributed by atoms with Crippen molar-refractivity contribution in [2.75, 3.05) is 19.0 Å². The maximum absolute atomic E-state index is 12.8. The first-order chi connectivity index (χ1) is 16.6. The summed E-state index contributed by atoms with van der Waals surface area (Å²) in [4.78, 5) is 30.3. The van der Waals surface area contributed by atoms with E-state index in [-0.39, 0.29) is 11.7 Å². The summed E-state index contributed by atoms with van der Waals surface area (Å²) in [6.45, 7) is 0.410. The highest BCUT2D eigenvalue weighted by atomic mass is 16.5. The van der Waals surface area contributed by atoms with Crippen LogP contribution in [0.2, 0.25) is 0 Å². The number of ether oxygens (including phenoxy) is 3. The SMILES string of the molecule is COc1cnc(C(=O)Nc2ccc3c(c2)[C@@]2(CCOC(N)=N2)c2cc(C4CC4)ncc2O3)cn1. The zero-order chi connectivity index (χ0) is 23.3. The summed E-state index contributed by atoms with van der Waals surface area (Å²) in [5.41, 5.74) is 8.76. The zero-order valence-corrected chi connectivity index (χ0v) is 18.4. The number of aliphatic imine (C=N–C) groups is 1. The van der Waals surface area contributed by atoms with E-state index in [2.05, 4.69) is 26.3 Å². The van der Waals surface area contributed by atoms with Gasteiger partial charge in [-0.15, -0.1) is 0 Å². The molecule has 0 radical (unpaired) electrons. The third-order valence-electron chi connectivity index (χ3n) is 6.32. The maximum Gasteiger partial charge on any atom is 0.283 e. The number of nitrogens with two attached hydrogens (primary N) is 1. The molecule has 3 aromatic rings. The monoisotopic (exact) mass is 458 g/mol. The van der Waals surface area contributed by atoms with E-state index in [0.717, 1.165) is 29.7 Å². The molecule has 4 heterocycles. The minimum Gasteiger partial charge on any atom is -0.480 e. The largest absolute Gasteiger partial charge is 0.480 e. The topological polar surface area (TPSA) is 134 Å². The van der Waals surface area contributed by atoms with Crippen molar-refractivity contribution in [3.05, 3.63) is 65.4 Å². The molecule has 1 aromatic carbocycles. The number of carbonyl (C=O) groups excluding carboxylic acids is 1. The van der Waals surface area contributed by atoms with Gasteiger partial charge >= 0.3 is 0 Å². The molecule has 6 rings (SSSR count). The van der Waals surface area contributed by atoms with Gasteiger partial charge in [-0.05, 0) is 37.1 Å². The number of anilines is 1. The molecule has 3 N–H and O–H groups in total. The Balaban J connectivity index is 1.40. The van der Waals surface area contributed by atoms with Crippen LogP contribution in [0.3, 0.4) is 0 Å². The van der Waals surface area contributed by atoms with Crippen molar-refractivity contribution in [3.63, 3.8) is 0 Å². The van der Waals surface area contributed by atoms with E-state index >= 15 is 0 Å². The number of rotatable bonds is 4. The van der Waals surface area contributed by atoms with Gasteiger partial charge in [-0.25, -0.2) is 15.0 Å². The molecule has 1 aliphatic carbocycles. The van der Waals surface area contributed by atoms with Crippen molar-refractivity contribution >= 4 is 17.6 Å². The van der Waals surface area contributed by atoms with Gasteiger partial charge < -0.3 is 25.3 Å². The molecule has 1 amide bonds. The normalized spacial score (nSPS) is 20.3. The number of carbonyl (C=O) groups is 1. The second-order valence-electron chi connectivity index (χ2n) is 8.50. The van der Waals surface area contributed by atoms with Gasteiger partial charge in [0.2, 0.25) is 5.88 Å². The summed E-state index contributed by atoms with van der Waals surface area (Å²) in [5.74, 6) is 1.70. The van der Waals surface area contributed by atoms with Crippen LogP contribution in [0, 0.1) is 0 Å². The summed E-state index contributed by atoms with van der Waals surface area (Å²) >= 11 is 0. The third kappa shape index (κ3) is 3.38. The van der Waals surface area contributed by atoms with Gasteiger partial charge in [0.05, 0.1) is 32.3 Å². The number of fused-ring (bicyclic) bond motifs is 4. The number of aromatic nitrogens is 3. The van der Waals surface area contributed by atoms with Crippen molar-refractivity contribution < 1.29 is 19.0 Å². The van der Waals surface area contributed by atoms with Crippen LogP contribution in [-0.4, -0.2) is 40.6 Å². The second kappa shape index (κ2) is 7.68. The smallest absolute Gasteiger partial charge is 0.283 e. The summed E-state index contributed by atoms with van der Waals surface area (Å²) in [7, 11) is 1.49. The zero-order valence-electron chi connectivity index (χ0n) is 18.4. The molecular weight excluding hydrogens is 436 g/mol. The lowest BCUT2D eigenvalue weighted by atomic mass is 9.77. The number of amides is 1. The highest BCUT2D eigenvalue weighted by Gasteiger charge is 2.45. The van der Waals surface area contributed by atoms with E-state index in [1.165, 1.54) is 19.5 Å². The van der Waals surface area contributed by atoms with Crippen LogP contribution in [0.25, 0.3) is 0 Å². The number of methoxy groups -OCH3 is 1. The Kier molecular flexibility index (Phi) is 4.61. The van der Waals surface area contributed by atoms with Crippen LogP contribution >= 0.6 is 0 Å². The van der Waals surface area contributed by atoms with Gasteiger partial charge in [-0.1, -0.05) is 0 Å². The number of nitrogens with one attached hydrogen (secondary N) is 1. The van der Waals surface area contributed by atoms with E-state index in [4.69, 9.17) is 24.9 Å². The average molecular weight is 458 g/mol. The fourth-order valence-electron chi connectivity index (χ4n) is 4.45. The molecule has 10 nitrogen and oxygen atoms in total. The highest BCUT2D eigenvalue weighted by molar-refractivity contribution is 6.02. The lowest BCUT2D eigenvalue weighted by Crippen LogP contribution is -2.38. The lowest BCUT2D eigenvalue weighted by molar-refractivity contribution is 0.102. The van der Waals surface area contributed by atoms with Crippen molar-refractivity contribution in [3.8, 4) is 17.4 Å². The van der Waals surface area contributed by atoms with E-state index in [0.29, 0.717) is 42.0 Å². The van der Waals surface area contributed by atoms with Crippen molar-refractivity contribution in [1.29, 1.82) is 0 Å². The fraction of sp³-hybridized carbons (Fsp3) is 0.292. The van der Waals surface area contributed by atoms with Crippen LogP contribution in [0.1, 0.15) is 52.5 Å². The van der Waals surface area contributed by atoms with Crippen LogP contribution < -0.4 is 20.5 Å². The van der Waals surface area contributed by atoms with Crippen LogP contribution in [0.5, 0.6) is 17.4 Å². The Morgan fingerprint density at radius 1 is 1.12 bits per heavy atom. The van der Waals surface area contributed by atoms with E-state index < -0.39 is 11.4 Å². The average Bonchev–Trinajstić information content (AvgIpc) is 3.70. The molecule has 0 saturated heterocycles. The Labute approximate surface area is 195 Å². The van der Waals surface area contributed by atoms with Gasteiger partial charge in [-0.2, -0.15) is 0 Å². The second-order valence-corrected chi connectivity index (χ2v) is 8.50. The predicted molar refractivity (Wildman–Crippen MR) is 122 cm³/mol. The maximum atomic E-state index is 12.8. The first-order valence-corrected chi connectivity index (χ1v) is 11.0. The van der Waals surface area contributed by atoms with Crippen molar-refractivity contribution in [2.24, 2.45) is 10.7 Å². The fourth-order valence-corrected chi connectivity index (χ4v) is 4.45. The standard InChI is InChI=1S/C24H22N6O4/c1-32-21-12-27-18(10-28-21)22(31)29-14-4-5-19-15(8-14)24(6-7-33-23(25)30-24)16-9-17(13-2-3-13)26-11-20(16)34-19/h4-5,8-13H,2-3,6-7H2,1H3,(H2,25,30)(H,29,31)/t24-/m0/s1. The van der Waals surface area contributed by atoms with Crippen LogP contribution in [-0.2, 0) is 10.3 Å². The van der Waals surface area contributed by atoms with Gasteiger partial charge in [0.25, 0.3) is 11.9 Å². The molecule has 10 heteroatoms. The Bertz CT molecular complexity index is 1320. The predicted octanol–water partition coefficient (Wildman–Crippen LogP) is 3.09. The molecule has 34 heavy (non-hydrogen) atoms. The third-order valence-corrected chi connectivity index (χ3v) is 6.32. The highest BCUT2D eigenvalue weighted by Crippen LogP contribution is 2.53. The molecule has 2 aromatic heterocycles. The molecule has 0 unspecified atom stereocenters. The van der Waals surface area contributed by atoms with E-state index in [1.807, 2.05) is 12.1 Å². The molecule has 3 aliphatic rings. The molecule has 1 saturated carbocycles. The molecular formula is C24H22N6O4. The quantitative estimate of drug-likeness (QED) is 0.609. The van der Waals surface area contributed by atoms with E-state index in [1.54, 1.807) is 12.3 Å². The molecule has 0 bridgehead atoms.